The summed E-state index contributed by atoms with van der Waals surface area (Å²) in [6, 6.07) is 15.4. The van der Waals surface area contributed by atoms with Gasteiger partial charge in [-0.25, -0.2) is 14.6 Å². The van der Waals surface area contributed by atoms with Gasteiger partial charge in [0.05, 0.1) is 33.3 Å². The van der Waals surface area contributed by atoms with E-state index in [9.17, 15) is 0 Å². The van der Waals surface area contributed by atoms with Crippen molar-refractivity contribution in [1.29, 1.82) is 0 Å². The van der Waals surface area contributed by atoms with Crippen molar-refractivity contribution in [2.45, 2.75) is 0 Å². The number of pyridine rings is 2. The fourth-order valence-corrected chi connectivity index (χ4v) is 3.51. The van der Waals surface area contributed by atoms with Crippen LogP contribution in [0.15, 0.2) is 60.9 Å². The molecule has 25 heavy (non-hydrogen) atoms. The van der Waals surface area contributed by atoms with Crippen molar-refractivity contribution in [2.24, 2.45) is 0 Å². The third kappa shape index (κ3) is 2.18. The van der Waals surface area contributed by atoms with Gasteiger partial charge in [0.15, 0.2) is 5.65 Å². The summed E-state index contributed by atoms with van der Waals surface area (Å²) in [4.78, 5) is 9.36. The maximum Gasteiger partial charge on any atom is 0.165 e. The Bertz CT molecular complexity index is 1260. The summed E-state index contributed by atoms with van der Waals surface area (Å²) in [6.07, 6.45) is 3.53. The van der Waals surface area contributed by atoms with Gasteiger partial charge in [-0.2, -0.15) is 5.10 Å². The van der Waals surface area contributed by atoms with Gasteiger partial charge in [0.25, 0.3) is 0 Å². The molecule has 0 saturated carbocycles. The van der Waals surface area contributed by atoms with Gasteiger partial charge in [-0.3, -0.25) is 0 Å². The van der Waals surface area contributed by atoms with Gasteiger partial charge in [0.2, 0.25) is 0 Å². The first-order valence-electron chi connectivity index (χ1n) is 7.69. The molecule has 3 aromatic heterocycles. The van der Waals surface area contributed by atoms with Crippen molar-refractivity contribution < 1.29 is 0 Å². The first-order chi connectivity index (χ1) is 12.2. The summed E-state index contributed by atoms with van der Waals surface area (Å²) in [7, 11) is 0. The molecular formula is C19H10Cl2N4. The first-order valence-corrected chi connectivity index (χ1v) is 8.44. The quantitative estimate of drug-likeness (QED) is 0.372. The largest absolute Gasteiger partial charge is 0.247 e. The maximum absolute atomic E-state index is 6.60. The number of hydrogen-bond donors (Lipinski definition) is 0. The third-order valence-electron chi connectivity index (χ3n) is 4.23. The molecule has 0 aliphatic heterocycles. The Balaban J connectivity index is 1.88. The minimum Gasteiger partial charge on any atom is -0.247 e. The molecule has 0 aliphatic rings. The van der Waals surface area contributed by atoms with Crippen LogP contribution in [0.5, 0.6) is 0 Å². The third-order valence-corrected chi connectivity index (χ3v) is 4.88. The van der Waals surface area contributed by atoms with E-state index >= 15 is 0 Å². The van der Waals surface area contributed by atoms with E-state index in [-0.39, 0.29) is 0 Å². The molecule has 0 amide bonds. The molecule has 4 nitrogen and oxygen atoms in total. The van der Waals surface area contributed by atoms with E-state index < -0.39 is 0 Å². The van der Waals surface area contributed by atoms with Crippen molar-refractivity contribution in [3.63, 3.8) is 0 Å². The maximum atomic E-state index is 6.60. The zero-order chi connectivity index (χ0) is 17.0. The molecule has 0 aliphatic carbocycles. The highest BCUT2D eigenvalue weighted by Crippen LogP contribution is 2.34. The van der Waals surface area contributed by atoms with Gasteiger partial charge in [0.1, 0.15) is 0 Å². The highest BCUT2D eigenvalue weighted by atomic mass is 35.5. The van der Waals surface area contributed by atoms with Crippen LogP contribution < -0.4 is 0 Å². The number of benzene rings is 2. The number of nitrogens with zero attached hydrogens (tertiary/aromatic N) is 4. The van der Waals surface area contributed by atoms with Crippen LogP contribution in [0, 0.1) is 0 Å². The Morgan fingerprint density at radius 2 is 1.68 bits per heavy atom. The fraction of sp³-hybridized carbons (Fsp3) is 0. The summed E-state index contributed by atoms with van der Waals surface area (Å²) in [6.45, 7) is 0. The molecule has 5 rings (SSSR count). The van der Waals surface area contributed by atoms with E-state index in [2.05, 4.69) is 10.1 Å². The van der Waals surface area contributed by atoms with E-state index in [4.69, 9.17) is 28.2 Å². The van der Waals surface area contributed by atoms with Crippen LogP contribution >= 0.6 is 23.2 Å². The number of aromatic nitrogens is 4. The summed E-state index contributed by atoms with van der Waals surface area (Å²) in [5.74, 6) is 0. The van der Waals surface area contributed by atoms with Crippen molar-refractivity contribution >= 4 is 56.0 Å². The van der Waals surface area contributed by atoms with Crippen LogP contribution in [-0.2, 0) is 0 Å². The van der Waals surface area contributed by atoms with Crippen LogP contribution in [0.2, 0.25) is 10.0 Å². The predicted octanol–water partition coefficient (Wildman–Crippen LogP) is 5.43. The summed E-state index contributed by atoms with van der Waals surface area (Å²) < 4.78 is 1.80. The van der Waals surface area contributed by atoms with Gasteiger partial charge in [-0.15, -0.1) is 0 Å². The molecule has 0 radical (unpaired) electrons. The Kier molecular flexibility index (Phi) is 3.17. The van der Waals surface area contributed by atoms with Crippen LogP contribution in [0.3, 0.4) is 0 Å². The Morgan fingerprint density at radius 3 is 2.52 bits per heavy atom. The van der Waals surface area contributed by atoms with Gasteiger partial charge in [-0.1, -0.05) is 41.4 Å². The standard InChI is InChI=1S/C19H10Cl2N4/c20-11-6-7-16-13(8-11)17(21)14-9-22-19-15(18(14)24-16)10-23-25(19)12-4-2-1-3-5-12/h1-10H. The highest BCUT2D eigenvalue weighted by Gasteiger charge is 2.14. The zero-order valence-corrected chi connectivity index (χ0v) is 14.3. The molecule has 5 aromatic rings. The second kappa shape index (κ2) is 5.41. The molecule has 0 bridgehead atoms. The lowest BCUT2D eigenvalue weighted by molar-refractivity contribution is 0.897. The van der Waals surface area contributed by atoms with E-state index in [0.717, 1.165) is 38.5 Å². The molecule has 3 heterocycles. The van der Waals surface area contributed by atoms with Gasteiger partial charge in [-0.05, 0) is 30.3 Å². The first kappa shape index (κ1) is 14.6. The Labute approximate surface area is 152 Å². The predicted molar refractivity (Wildman–Crippen MR) is 102 cm³/mol. The minimum atomic E-state index is 0.601. The fourth-order valence-electron chi connectivity index (χ4n) is 3.05. The van der Waals surface area contributed by atoms with Crippen LogP contribution in [0.1, 0.15) is 0 Å². The molecule has 0 saturated heterocycles. The average Bonchev–Trinajstić information content (AvgIpc) is 3.08. The van der Waals surface area contributed by atoms with E-state index in [0.29, 0.717) is 10.0 Å². The molecule has 120 valence electrons. The van der Waals surface area contributed by atoms with Gasteiger partial charge >= 0.3 is 0 Å². The SMILES string of the molecule is Clc1ccc2nc3c(cnc4c3cnn4-c3ccccc3)c(Cl)c2c1. The monoisotopic (exact) mass is 364 g/mol. The summed E-state index contributed by atoms with van der Waals surface area (Å²) in [5.41, 5.74) is 3.27. The zero-order valence-electron chi connectivity index (χ0n) is 12.8. The van der Waals surface area contributed by atoms with E-state index in [1.54, 1.807) is 17.1 Å². The summed E-state index contributed by atoms with van der Waals surface area (Å²) in [5, 5.41) is 8.18. The Morgan fingerprint density at radius 1 is 0.840 bits per heavy atom. The van der Waals surface area contributed by atoms with E-state index in [1.165, 1.54) is 0 Å². The lowest BCUT2D eigenvalue weighted by atomic mass is 10.1. The average molecular weight is 365 g/mol. The smallest absolute Gasteiger partial charge is 0.165 e. The topological polar surface area (TPSA) is 43.6 Å². The van der Waals surface area contributed by atoms with Crippen molar-refractivity contribution in [2.75, 3.05) is 0 Å². The number of fused-ring (bicyclic) bond motifs is 4. The number of rotatable bonds is 1. The van der Waals surface area contributed by atoms with Crippen molar-refractivity contribution in [3.8, 4) is 5.69 Å². The molecule has 0 spiro atoms. The van der Waals surface area contributed by atoms with Crippen LogP contribution in [0.4, 0.5) is 0 Å². The van der Waals surface area contributed by atoms with Gasteiger partial charge in [0, 0.05) is 22.0 Å². The minimum absolute atomic E-state index is 0.601. The van der Waals surface area contributed by atoms with Gasteiger partial charge < -0.3 is 0 Å². The lowest BCUT2D eigenvalue weighted by Crippen LogP contribution is -1.97. The van der Waals surface area contributed by atoms with E-state index in [1.807, 2.05) is 48.5 Å². The molecule has 0 unspecified atom stereocenters. The molecule has 0 N–H and O–H groups in total. The number of para-hydroxylation sites is 1. The van der Waals surface area contributed by atoms with Crippen molar-refractivity contribution in [3.05, 3.63) is 71.0 Å². The molecular weight excluding hydrogens is 355 g/mol. The van der Waals surface area contributed by atoms with Crippen molar-refractivity contribution in [1.82, 2.24) is 19.7 Å². The molecule has 0 fully saturated rings. The second-order valence-electron chi connectivity index (χ2n) is 5.74. The number of hydrogen-bond acceptors (Lipinski definition) is 3. The second-order valence-corrected chi connectivity index (χ2v) is 6.55. The highest BCUT2D eigenvalue weighted by molar-refractivity contribution is 6.41. The molecule has 6 heteroatoms. The van der Waals surface area contributed by atoms with Crippen LogP contribution in [0.25, 0.3) is 38.5 Å². The molecule has 0 atom stereocenters. The van der Waals surface area contributed by atoms with Crippen LogP contribution in [-0.4, -0.2) is 19.7 Å². The normalized spacial score (nSPS) is 11.6. The molecule has 2 aromatic carbocycles. The lowest BCUT2D eigenvalue weighted by Gasteiger charge is -2.07. The Hall–Kier alpha value is -2.69. The number of halogens is 2. The summed E-state index contributed by atoms with van der Waals surface area (Å²) >= 11 is 12.7.